The molecule has 1 unspecified atom stereocenters. The molecule has 0 amide bonds. The molecule has 0 saturated carbocycles. The molecule has 1 aliphatic rings. The molecular weight excluding hydrogens is 322 g/mol. The van der Waals surface area contributed by atoms with Crippen molar-refractivity contribution in [2.24, 2.45) is 5.92 Å². The smallest absolute Gasteiger partial charge is 0.153 e. The Kier molecular flexibility index (Phi) is 6.78. The van der Waals surface area contributed by atoms with Gasteiger partial charge in [-0.2, -0.15) is 5.10 Å². The van der Waals surface area contributed by atoms with Crippen molar-refractivity contribution in [1.29, 1.82) is 0 Å². The predicted molar refractivity (Wildman–Crippen MR) is 100 cm³/mol. The van der Waals surface area contributed by atoms with Crippen molar-refractivity contribution in [3.8, 4) is 5.82 Å². The minimum atomic E-state index is 0. The summed E-state index contributed by atoms with van der Waals surface area (Å²) in [6, 6.07) is 5.95. The minimum absolute atomic E-state index is 0. The van der Waals surface area contributed by atoms with E-state index in [1.54, 1.807) is 0 Å². The van der Waals surface area contributed by atoms with Crippen molar-refractivity contribution in [1.82, 2.24) is 25.0 Å². The van der Waals surface area contributed by atoms with Crippen molar-refractivity contribution >= 4 is 12.4 Å². The number of rotatable bonds is 5. The second kappa shape index (κ2) is 8.60. The van der Waals surface area contributed by atoms with Gasteiger partial charge in [-0.1, -0.05) is 6.07 Å². The fraction of sp³-hybridized carbons (Fsp3) is 0.556. The Balaban J connectivity index is 0.00000208. The fourth-order valence-electron chi connectivity index (χ4n) is 3.58. The summed E-state index contributed by atoms with van der Waals surface area (Å²) in [4.78, 5) is 7.00. The Morgan fingerprint density at radius 3 is 2.83 bits per heavy atom. The molecule has 0 bridgehead atoms. The van der Waals surface area contributed by atoms with Crippen molar-refractivity contribution in [3.63, 3.8) is 0 Å². The van der Waals surface area contributed by atoms with Gasteiger partial charge in [0.15, 0.2) is 5.82 Å². The minimum Gasteiger partial charge on any atom is -0.319 e. The van der Waals surface area contributed by atoms with Crippen LogP contribution in [0.25, 0.3) is 5.82 Å². The van der Waals surface area contributed by atoms with Crippen LogP contribution in [0, 0.1) is 19.8 Å². The maximum atomic E-state index is 4.72. The van der Waals surface area contributed by atoms with Crippen LogP contribution in [0.2, 0.25) is 0 Å². The Morgan fingerprint density at radius 1 is 1.29 bits per heavy atom. The van der Waals surface area contributed by atoms with Gasteiger partial charge in [-0.25, -0.2) is 9.67 Å². The summed E-state index contributed by atoms with van der Waals surface area (Å²) in [6.07, 6.45) is 4.44. The molecule has 1 saturated heterocycles. The summed E-state index contributed by atoms with van der Waals surface area (Å²) < 4.78 is 1.97. The summed E-state index contributed by atoms with van der Waals surface area (Å²) in [5.41, 5.74) is 3.67. The molecule has 6 heteroatoms. The van der Waals surface area contributed by atoms with E-state index < -0.39 is 0 Å². The van der Waals surface area contributed by atoms with Gasteiger partial charge < -0.3 is 5.32 Å². The van der Waals surface area contributed by atoms with E-state index in [-0.39, 0.29) is 12.4 Å². The van der Waals surface area contributed by atoms with Gasteiger partial charge in [-0.15, -0.1) is 12.4 Å². The highest BCUT2D eigenvalue weighted by atomic mass is 35.5. The van der Waals surface area contributed by atoms with Crippen molar-refractivity contribution in [2.45, 2.75) is 33.2 Å². The lowest BCUT2D eigenvalue weighted by Crippen LogP contribution is -2.38. The van der Waals surface area contributed by atoms with Crippen LogP contribution in [0.15, 0.2) is 24.4 Å². The second-order valence-electron chi connectivity index (χ2n) is 6.55. The standard InChI is InChI=1S/C18H27N5.ClH/c1-14-17(13-22-10-6-7-16(12-22)11-19-3)15(2)23(21-14)18-8-4-5-9-20-18;/h4-5,8-9,16,19H,6-7,10-13H2,1-3H3;1H. The molecular formula is C18H28ClN5. The summed E-state index contributed by atoms with van der Waals surface area (Å²) in [7, 11) is 2.05. The summed E-state index contributed by atoms with van der Waals surface area (Å²) >= 11 is 0. The summed E-state index contributed by atoms with van der Waals surface area (Å²) in [5.74, 6) is 1.66. The highest BCUT2D eigenvalue weighted by molar-refractivity contribution is 5.85. The molecule has 132 valence electrons. The highest BCUT2D eigenvalue weighted by Crippen LogP contribution is 2.22. The number of aryl methyl sites for hydroxylation is 1. The Hall–Kier alpha value is -1.43. The number of hydrogen-bond donors (Lipinski definition) is 1. The first-order valence-electron chi connectivity index (χ1n) is 8.52. The van der Waals surface area contributed by atoms with E-state index in [0.717, 1.165) is 30.5 Å². The number of likely N-dealkylation sites (tertiary alicyclic amines) is 1. The van der Waals surface area contributed by atoms with Crippen molar-refractivity contribution in [2.75, 3.05) is 26.7 Å². The van der Waals surface area contributed by atoms with Crippen LogP contribution >= 0.6 is 12.4 Å². The van der Waals surface area contributed by atoms with Crippen LogP contribution in [0.3, 0.4) is 0 Å². The molecule has 1 aliphatic heterocycles. The fourth-order valence-corrected chi connectivity index (χ4v) is 3.58. The number of nitrogens with zero attached hydrogens (tertiary/aromatic N) is 4. The van der Waals surface area contributed by atoms with Crippen LogP contribution < -0.4 is 5.32 Å². The number of aromatic nitrogens is 3. The van der Waals surface area contributed by atoms with Crippen LogP contribution in [0.1, 0.15) is 29.8 Å². The van der Waals surface area contributed by atoms with Gasteiger partial charge in [0.2, 0.25) is 0 Å². The quantitative estimate of drug-likeness (QED) is 0.901. The number of piperidine rings is 1. The van der Waals surface area contributed by atoms with E-state index in [0.29, 0.717) is 0 Å². The largest absolute Gasteiger partial charge is 0.319 e. The van der Waals surface area contributed by atoms with E-state index >= 15 is 0 Å². The first kappa shape index (κ1) is 18.9. The van der Waals surface area contributed by atoms with E-state index in [2.05, 4.69) is 29.0 Å². The average molecular weight is 350 g/mol. The second-order valence-corrected chi connectivity index (χ2v) is 6.55. The molecule has 1 N–H and O–H groups in total. The van der Waals surface area contributed by atoms with Gasteiger partial charge in [0, 0.05) is 30.5 Å². The summed E-state index contributed by atoms with van der Waals surface area (Å²) in [6.45, 7) is 8.73. The third kappa shape index (κ3) is 4.15. The van der Waals surface area contributed by atoms with E-state index in [1.807, 2.05) is 36.1 Å². The van der Waals surface area contributed by atoms with E-state index in [4.69, 9.17) is 5.10 Å². The van der Waals surface area contributed by atoms with Crippen LogP contribution in [0.4, 0.5) is 0 Å². The SMILES string of the molecule is CNCC1CCCN(Cc2c(C)nn(-c3ccccn3)c2C)C1.Cl. The first-order chi connectivity index (χ1) is 11.2. The van der Waals surface area contributed by atoms with Gasteiger partial charge in [0.05, 0.1) is 5.69 Å². The van der Waals surface area contributed by atoms with Gasteiger partial charge in [-0.3, -0.25) is 4.90 Å². The molecule has 2 aromatic rings. The molecule has 0 aliphatic carbocycles. The molecule has 2 aromatic heterocycles. The third-order valence-electron chi connectivity index (χ3n) is 4.79. The van der Waals surface area contributed by atoms with Gasteiger partial charge in [0.25, 0.3) is 0 Å². The molecule has 0 spiro atoms. The predicted octanol–water partition coefficient (Wildman–Crippen LogP) is 2.74. The van der Waals surface area contributed by atoms with Gasteiger partial charge in [-0.05, 0) is 64.9 Å². The van der Waals surface area contributed by atoms with E-state index in [1.165, 1.54) is 37.2 Å². The monoisotopic (exact) mass is 349 g/mol. The number of hydrogen-bond acceptors (Lipinski definition) is 4. The lowest BCUT2D eigenvalue weighted by Gasteiger charge is -2.32. The molecule has 0 aromatic carbocycles. The molecule has 0 radical (unpaired) electrons. The third-order valence-corrected chi connectivity index (χ3v) is 4.79. The zero-order valence-electron chi connectivity index (χ0n) is 14.8. The van der Waals surface area contributed by atoms with Crippen LogP contribution in [0.5, 0.6) is 0 Å². The Bertz CT molecular complexity index is 638. The molecule has 1 atom stereocenters. The topological polar surface area (TPSA) is 46.0 Å². The molecule has 3 rings (SSSR count). The highest BCUT2D eigenvalue weighted by Gasteiger charge is 2.22. The van der Waals surface area contributed by atoms with Gasteiger partial charge in [0.1, 0.15) is 0 Å². The zero-order valence-corrected chi connectivity index (χ0v) is 15.6. The Morgan fingerprint density at radius 2 is 2.12 bits per heavy atom. The van der Waals surface area contributed by atoms with Crippen LogP contribution in [-0.4, -0.2) is 46.3 Å². The Labute approximate surface area is 150 Å². The number of halogens is 1. The average Bonchev–Trinajstić information content (AvgIpc) is 2.85. The number of nitrogens with one attached hydrogen (secondary N) is 1. The van der Waals surface area contributed by atoms with Crippen molar-refractivity contribution < 1.29 is 0 Å². The lowest BCUT2D eigenvalue weighted by molar-refractivity contribution is 0.166. The van der Waals surface area contributed by atoms with E-state index in [9.17, 15) is 0 Å². The normalized spacial score (nSPS) is 18.4. The maximum Gasteiger partial charge on any atom is 0.153 e. The molecule has 3 heterocycles. The lowest BCUT2D eigenvalue weighted by atomic mass is 9.97. The van der Waals surface area contributed by atoms with Crippen LogP contribution in [-0.2, 0) is 6.54 Å². The van der Waals surface area contributed by atoms with Gasteiger partial charge >= 0.3 is 0 Å². The first-order valence-corrected chi connectivity index (χ1v) is 8.52. The van der Waals surface area contributed by atoms with Crippen molar-refractivity contribution in [3.05, 3.63) is 41.3 Å². The maximum absolute atomic E-state index is 4.72. The molecule has 24 heavy (non-hydrogen) atoms. The molecule has 5 nitrogen and oxygen atoms in total. The number of pyridine rings is 1. The zero-order chi connectivity index (χ0) is 16.2. The summed E-state index contributed by atoms with van der Waals surface area (Å²) in [5, 5.41) is 8.04. The molecule has 1 fully saturated rings.